The summed E-state index contributed by atoms with van der Waals surface area (Å²) in [5, 5.41) is 9.68. The van der Waals surface area contributed by atoms with E-state index in [4.69, 9.17) is 4.42 Å². The molecule has 0 aliphatic rings. The van der Waals surface area contributed by atoms with Crippen LogP contribution in [0.5, 0.6) is 0 Å². The summed E-state index contributed by atoms with van der Waals surface area (Å²) in [6.07, 6.45) is 1.54. The van der Waals surface area contributed by atoms with Gasteiger partial charge in [0.25, 0.3) is 5.91 Å². The van der Waals surface area contributed by atoms with Gasteiger partial charge in [0, 0.05) is 11.3 Å². The van der Waals surface area contributed by atoms with Gasteiger partial charge in [-0.3, -0.25) is 9.59 Å². The number of nitrogens with zero attached hydrogens (tertiary/aromatic N) is 2. The number of hydrogen-bond donors (Lipinski definition) is 2. The van der Waals surface area contributed by atoms with Crippen LogP contribution in [0.3, 0.4) is 0 Å². The molecule has 26 heavy (non-hydrogen) atoms. The Morgan fingerprint density at radius 1 is 1.12 bits per heavy atom. The first kappa shape index (κ1) is 17.5. The van der Waals surface area contributed by atoms with Crippen LogP contribution in [0.25, 0.3) is 5.69 Å². The van der Waals surface area contributed by atoms with Crippen LogP contribution in [0.1, 0.15) is 27.5 Å². The van der Waals surface area contributed by atoms with E-state index in [1.165, 1.54) is 0 Å². The maximum Gasteiger partial charge on any atom is 0.251 e. The van der Waals surface area contributed by atoms with Crippen LogP contribution in [0.15, 0.2) is 53.1 Å². The van der Waals surface area contributed by atoms with Crippen LogP contribution in [0, 0.1) is 13.8 Å². The number of rotatable bonds is 6. The minimum Gasteiger partial charge on any atom is -0.467 e. The van der Waals surface area contributed by atoms with E-state index < -0.39 is 0 Å². The van der Waals surface area contributed by atoms with Gasteiger partial charge < -0.3 is 15.1 Å². The van der Waals surface area contributed by atoms with Gasteiger partial charge in [0.1, 0.15) is 5.76 Å². The maximum atomic E-state index is 12.2. The Morgan fingerprint density at radius 3 is 2.50 bits per heavy atom. The lowest BCUT2D eigenvalue weighted by Crippen LogP contribution is -2.36. The second-order valence-corrected chi connectivity index (χ2v) is 5.92. The molecule has 0 unspecified atom stereocenters. The van der Waals surface area contributed by atoms with Crippen LogP contribution in [0.4, 0.5) is 0 Å². The number of aryl methyl sites for hydroxylation is 2. The van der Waals surface area contributed by atoms with E-state index >= 15 is 0 Å². The second kappa shape index (κ2) is 7.69. The molecule has 134 valence electrons. The van der Waals surface area contributed by atoms with Gasteiger partial charge in [0.2, 0.25) is 5.91 Å². The molecule has 0 atom stereocenters. The first-order valence-electron chi connectivity index (χ1n) is 8.24. The number of carbonyl (C=O) groups is 2. The van der Waals surface area contributed by atoms with Gasteiger partial charge in [-0.15, -0.1) is 0 Å². The molecule has 0 bridgehead atoms. The van der Waals surface area contributed by atoms with Crippen LogP contribution in [-0.2, 0) is 11.3 Å². The van der Waals surface area contributed by atoms with Crippen molar-refractivity contribution in [1.29, 1.82) is 0 Å². The summed E-state index contributed by atoms with van der Waals surface area (Å²) in [6.45, 7) is 4.10. The minimum absolute atomic E-state index is 0.0985. The van der Waals surface area contributed by atoms with E-state index in [0.29, 0.717) is 17.9 Å². The Kier molecular flexibility index (Phi) is 5.17. The maximum absolute atomic E-state index is 12.2. The quantitative estimate of drug-likeness (QED) is 0.711. The molecule has 0 fully saturated rings. The van der Waals surface area contributed by atoms with Gasteiger partial charge in [0.15, 0.2) is 0 Å². The zero-order chi connectivity index (χ0) is 18.5. The highest BCUT2D eigenvalue weighted by atomic mass is 16.3. The largest absolute Gasteiger partial charge is 0.467 e. The lowest BCUT2D eigenvalue weighted by atomic mass is 10.2. The summed E-state index contributed by atoms with van der Waals surface area (Å²) in [6, 6.07) is 12.6. The summed E-state index contributed by atoms with van der Waals surface area (Å²) in [7, 11) is 0. The monoisotopic (exact) mass is 352 g/mol. The van der Waals surface area contributed by atoms with Gasteiger partial charge in [0.05, 0.1) is 30.7 Å². The van der Waals surface area contributed by atoms with Crippen LogP contribution in [-0.4, -0.2) is 28.1 Å². The van der Waals surface area contributed by atoms with E-state index in [1.54, 1.807) is 30.5 Å². The Bertz CT molecular complexity index is 896. The molecule has 2 amide bonds. The summed E-state index contributed by atoms with van der Waals surface area (Å²) in [5.41, 5.74) is 3.32. The Balaban J connectivity index is 1.53. The van der Waals surface area contributed by atoms with E-state index in [0.717, 1.165) is 17.1 Å². The fourth-order valence-electron chi connectivity index (χ4n) is 2.57. The fourth-order valence-corrected chi connectivity index (χ4v) is 2.57. The van der Waals surface area contributed by atoms with Gasteiger partial charge >= 0.3 is 0 Å². The molecular weight excluding hydrogens is 332 g/mol. The zero-order valence-corrected chi connectivity index (χ0v) is 14.7. The number of carbonyl (C=O) groups excluding carboxylic acids is 2. The standard InChI is InChI=1S/C19H20N4O3/c1-13-10-14(2)23(22-13)16-7-5-15(6-8-16)19(25)21-12-18(24)20-11-17-4-3-9-26-17/h3-10H,11-12H2,1-2H3,(H,20,24)(H,21,25). The van der Waals surface area contributed by atoms with E-state index in [-0.39, 0.29) is 18.4 Å². The molecule has 0 saturated heterocycles. The molecule has 0 spiro atoms. The summed E-state index contributed by atoms with van der Waals surface area (Å²) < 4.78 is 6.95. The zero-order valence-electron chi connectivity index (χ0n) is 14.7. The molecule has 0 aliphatic heterocycles. The van der Waals surface area contributed by atoms with Crippen molar-refractivity contribution >= 4 is 11.8 Å². The fraction of sp³-hybridized carbons (Fsp3) is 0.211. The average molecular weight is 352 g/mol. The van der Waals surface area contributed by atoms with Crippen molar-refractivity contribution in [3.63, 3.8) is 0 Å². The number of aromatic nitrogens is 2. The molecule has 2 heterocycles. The van der Waals surface area contributed by atoms with Gasteiger partial charge in [-0.25, -0.2) is 4.68 Å². The van der Waals surface area contributed by atoms with E-state index in [9.17, 15) is 9.59 Å². The summed E-state index contributed by atoms with van der Waals surface area (Å²) >= 11 is 0. The molecule has 7 heteroatoms. The van der Waals surface area contributed by atoms with Gasteiger partial charge in [-0.05, 0) is 56.3 Å². The van der Waals surface area contributed by atoms with Crippen LogP contribution >= 0.6 is 0 Å². The highest BCUT2D eigenvalue weighted by Crippen LogP contribution is 2.13. The van der Waals surface area contributed by atoms with Crippen molar-refractivity contribution < 1.29 is 14.0 Å². The molecule has 0 aliphatic carbocycles. The molecule has 2 aromatic heterocycles. The van der Waals surface area contributed by atoms with Crippen molar-refractivity contribution in [2.45, 2.75) is 20.4 Å². The minimum atomic E-state index is -0.307. The van der Waals surface area contributed by atoms with E-state index in [2.05, 4.69) is 15.7 Å². The number of benzene rings is 1. The summed E-state index contributed by atoms with van der Waals surface area (Å²) in [4.78, 5) is 23.9. The average Bonchev–Trinajstić information content (AvgIpc) is 3.27. The van der Waals surface area contributed by atoms with E-state index in [1.807, 2.05) is 36.7 Å². The molecule has 1 aromatic carbocycles. The summed E-state index contributed by atoms with van der Waals surface area (Å²) in [5.74, 6) is 0.0662. The van der Waals surface area contributed by atoms with Crippen molar-refractivity contribution in [2.24, 2.45) is 0 Å². The van der Waals surface area contributed by atoms with Gasteiger partial charge in [-0.2, -0.15) is 5.10 Å². The van der Waals surface area contributed by atoms with Crippen LogP contribution in [0.2, 0.25) is 0 Å². The topological polar surface area (TPSA) is 89.2 Å². The third kappa shape index (κ3) is 4.18. The van der Waals surface area contributed by atoms with Crippen molar-refractivity contribution in [3.05, 3.63) is 71.4 Å². The first-order valence-corrected chi connectivity index (χ1v) is 8.24. The van der Waals surface area contributed by atoms with Crippen molar-refractivity contribution in [1.82, 2.24) is 20.4 Å². The van der Waals surface area contributed by atoms with Crippen molar-refractivity contribution in [3.8, 4) is 5.69 Å². The molecule has 3 aromatic rings. The Labute approximate surface area is 151 Å². The third-order valence-corrected chi connectivity index (χ3v) is 3.83. The third-order valence-electron chi connectivity index (χ3n) is 3.83. The molecule has 0 radical (unpaired) electrons. The Hall–Kier alpha value is -3.35. The number of furan rings is 1. The van der Waals surface area contributed by atoms with Crippen LogP contribution < -0.4 is 10.6 Å². The second-order valence-electron chi connectivity index (χ2n) is 5.92. The number of amides is 2. The molecular formula is C19H20N4O3. The van der Waals surface area contributed by atoms with Crippen molar-refractivity contribution in [2.75, 3.05) is 6.54 Å². The highest BCUT2D eigenvalue weighted by Gasteiger charge is 2.10. The number of hydrogen-bond acceptors (Lipinski definition) is 4. The lowest BCUT2D eigenvalue weighted by Gasteiger charge is -2.08. The molecule has 3 rings (SSSR count). The highest BCUT2D eigenvalue weighted by molar-refractivity contribution is 5.96. The molecule has 0 saturated carbocycles. The SMILES string of the molecule is Cc1cc(C)n(-c2ccc(C(=O)NCC(=O)NCc3ccco3)cc2)n1. The van der Waals surface area contributed by atoms with Gasteiger partial charge in [-0.1, -0.05) is 0 Å². The molecule has 7 nitrogen and oxygen atoms in total. The normalized spacial score (nSPS) is 10.5. The lowest BCUT2D eigenvalue weighted by molar-refractivity contribution is -0.120. The molecule has 2 N–H and O–H groups in total. The predicted molar refractivity (Wildman–Crippen MR) is 95.9 cm³/mol. The number of nitrogens with one attached hydrogen (secondary N) is 2. The predicted octanol–water partition coefficient (Wildman–Crippen LogP) is 2.13. The smallest absolute Gasteiger partial charge is 0.251 e. The first-order chi connectivity index (χ1) is 12.5. The Morgan fingerprint density at radius 2 is 1.88 bits per heavy atom.